The summed E-state index contributed by atoms with van der Waals surface area (Å²) in [6.45, 7) is 8.56. The molecule has 0 radical (unpaired) electrons. The summed E-state index contributed by atoms with van der Waals surface area (Å²) in [6, 6.07) is 3.77. The standard InChI is InChI=1S/C13H19NOSi/c1-5-13(15)11-6-7-12(14-10-11)8-9-16(2,3)4/h6-7,10,13,15H,5H2,1-4H3/t13-/m0/s1. The van der Waals surface area contributed by atoms with Gasteiger partial charge in [0.25, 0.3) is 0 Å². The van der Waals surface area contributed by atoms with Gasteiger partial charge < -0.3 is 5.11 Å². The van der Waals surface area contributed by atoms with Crippen LogP contribution in [0, 0.1) is 11.5 Å². The van der Waals surface area contributed by atoms with Crippen LogP contribution in [0.2, 0.25) is 19.6 Å². The molecule has 0 saturated heterocycles. The van der Waals surface area contributed by atoms with Crippen LogP contribution >= 0.6 is 0 Å². The van der Waals surface area contributed by atoms with E-state index in [-0.39, 0.29) is 0 Å². The average Bonchev–Trinajstić information content (AvgIpc) is 2.25. The molecular formula is C13H19NOSi. The first-order chi connectivity index (χ1) is 7.42. The fourth-order valence-corrected chi connectivity index (χ4v) is 1.67. The maximum atomic E-state index is 9.61. The van der Waals surface area contributed by atoms with E-state index in [4.69, 9.17) is 0 Å². The molecule has 0 aliphatic rings. The van der Waals surface area contributed by atoms with Crippen LogP contribution in [0.15, 0.2) is 18.3 Å². The lowest BCUT2D eigenvalue weighted by Gasteiger charge is -2.07. The van der Waals surface area contributed by atoms with Crippen molar-refractivity contribution in [2.75, 3.05) is 0 Å². The second-order valence-corrected chi connectivity index (χ2v) is 9.65. The molecule has 1 N–H and O–H groups in total. The van der Waals surface area contributed by atoms with Crippen LogP contribution in [0.5, 0.6) is 0 Å². The van der Waals surface area contributed by atoms with Crippen LogP contribution in [0.3, 0.4) is 0 Å². The lowest BCUT2D eigenvalue weighted by molar-refractivity contribution is 0.173. The van der Waals surface area contributed by atoms with Gasteiger partial charge in [0.15, 0.2) is 0 Å². The van der Waals surface area contributed by atoms with Crippen LogP contribution in [-0.4, -0.2) is 18.2 Å². The highest BCUT2D eigenvalue weighted by Gasteiger charge is 2.08. The normalized spacial score (nSPS) is 12.8. The molecule has 0 fully saturated rings. The van der Waals surface area contributed by atoms with Crippen LogP contribution < -0.4 is 0 Å². The summed E-state index contributed by atoms with van der Waals surface area (Å²) in [4.78, 5) is 4.24. The van der Waals surface area contributed by atoms with Gasteiger partial charge in [-0.25, -0.2) is 4.98 Å². The van der Waals surface area contributed by atoms with Crippen molar-refractivity contribution in [1.82, 2.24) is 4.98 Å². The third kappa shape index (κ3) is 4.17. The predicted octanol–water partition coefficient (Wildman–Crippen LogP) is 2.75. The fourth-order valence-electron chi connectivity index (χ4n) is 1.16. The van der Waals surface area contributed by atoms with Gasteiger partial charge in [-0.15, -0.1) is 5.54 Å². The SMILES string of the molecule is CC[C@H](O)c1ccc(C#C[Si](C)(C)C)nc1. The van der Waals surface area contributed by atoms with E-state index in [1.807, 2.05) is 19.1 Å². The molecule has 0 saturated carbocycles. The summed E-state index contributed by atoms with van der Waals surface area (Å²) >= 11 is 0. The van der Waals surface area contributed by atoms with Crippen LogP contribution in [0.4, 0.5) is 0 Å². The summed E-state index contributed by atoms with van der Waals surface area (Å²) < 4.78 is 0. The number of hydrogen-bond acceptors (Lipinski definition) is 2. The average molecular weight is 233 g/mol. The number of pyridine rings is 1. The lowest BCUT2D eigenvalue weighted by atomic mass is 10.1. The summed E-state index contributed by atoms with van der Waals surface area (Å²) in [7, 11) is -1.33. The van der Waals surface area contributed by atoms with Crippen LogP contribution in [0.25, 0.3) is 0 Å². The Morgan fingerprint density at radius 3 is 2.50 bits per heavy atom. The monoisotopic (exact) mass is 233 g/mol. The Hall–Kier alpha value is -1.11. The Bertz CT molecular complexity index is 395. The van der Waals surface area contributed by atoms with E-state index in [1.165, 1.54) is 0 Å². The van der Waals surface area contributed by atoms with Crippen LogP contribution in [0.1, 0.15) is 30.7 Å². The van der Waals surface area contributed by atoms with Crippen molar-refractivity contribution in [1.29, 1.82) is 0 Å². The minimum absolute atomic E-state index is 0.411. The molecular weight excluding hydrogens is 214 g/mol. The number of hydrogen-bond donors (Lipinski definition) is 1. The Balaban J connectivity index is 2.82. The largest absolute Gasteiger partial charge is 0.388 e. The van der Waals surface area contributed by atoms with E-state index in [1.54, 1.807) is 6.20 Å². The van der Waals surface area contributed by atoms with Crippen molar-refractivity contribution < 1.29 is 5.11 Å². The fraction of sp³-hybridized carbons (Fsp3) is 0.462. The van der Waals surface area contributed by atoms with E-state index in [0.29, 0.717) is 6.42 Å². The topological polar surface area (TPSA) is 33.1 Å². The first kappa shape index (κ1) is 13.0. The highest BCUT2D eigenvalue weighted by atomic mass is 28.3. The molecule has 1 aromatic heterocycles. The minimum atomic E-state index is -1.33. The maximum absolute atomic E-state index is 9.61. The van der Waals surface area contributed by atoms with Gasteiger partial charge in [-0.05, 0) is 18.1 Å². The molecule has 0 amide bonds. The van der Waals surface area contributed by atoms with Crippen molar-refractivity contribution in [3.63, 3.8) is 0 Å². The molecule has 1 aromatic rings. The molecule has 2 nitrogen and oxygen atoms in total. The van der Waals surface area contributed by atoms with E-state index < -0.39 is 14.2 Å². The highest BCUT2D eigenvalue weighted by Crippen LogP contribution is 2.14. The van der Waals surface area contributed by atoms with Gasteiger partial charge in [-0.3, -0.25) is 0 Å². The highest BCUT2D eigenvalue weighted by molar-refractivity contribution is 6.83. The molecule has 0 spiro atoms. The Labute approximate surface area is 98.7 Å². The number of aliphatic hydroxyl groups excluding tert-OH is 1. The van der Waals surface area contributed by atoms with Crippen molar-refractivity contribution in [2.45, 2.75) is 39.1 Å². The molecule has 0 aliphatic carbocycles. The third-order valence-corrected chi connectivity index (χ3v) is 3.00. The molecule has 16 heavy (non-hydrogen) atoms. The van der Waals surface area contributed by atoms with Gasteiger partial charge in [0.2, 0.25) is 0 Å². The molecule has 0 unspecified atom stereocenters. The second kappa shape index (κ2) is 5.29. The van der Waals surface area contributed by atoms with Gasteiger partial charge >= 0.3 is 0 Å². The van der Waals surface area contributed by atoms with Gasteiger partial charge in [-0.2, -0.15) is 0 Å². The van der Waals surface area contributed by atoms with E-state index in [0.717, 1.165) is 11.3 Å². The van der Waals surface area contributed by atoms with Crippen molar-refractivity contribution in [3.05, 3.63) is 29.6 Å². The quantitative estimate of drug-likeness (QED) is 0.629. The summed E-state index contributed by atoms with van der Waals surface area (Å²) in [5.41, 5.74) is 4.91. The smallest absolute Gasteiger partial charge is 0.129 e. The molecule has 1 rings (SSSR count). The molecule has 1 atom stereocenters. The second-order valence-electron chi connectivity index (χ2n) is 4.90. The summed E-state index contributed by atoms with van der Waals surface area (Å²) in [5, 5.41) is 9.61. The van der Waals surface area contributed by atoms with Crippen molar-refractivity contribution in [3.8, 4) is 11.5 Å². The zero-order valence-electron chi connectivity index (χ0n) is 10.4. The summed E-state index contributed by atoms with van der Waals surface area (Å²) in [5.74, 6) is 3.09. The number of aliphatic hydroxyl groups is 1. The molecule has 1 heterocycles. The third-order valence-electron chi connectivity index (χ3n) is 2.12. The summed E-state index contributed by atoms with van der Waals surface area (Å²) in [6.07, 6.45) is 2.01. The molecule has 0 bridgehead atoms. The number of nitrogens with zero attached hydrogens (tertiary/aromatic N) is 1. The van der Waals surface area contributed by atoms with Gasteiger partial charge in [0.1, 0.15) is 13.8 Å². The van der Waals surface area contributed by atoms with Gasteiger partial charge in [0.05, 0.1) is 6.10 Å². The number of rotatable bonds is 2. The zero-order chi connectivity index (χ0) is 12.2. The predicted molar refractivity (Wildman–Crippen MR) is 69.7 cm³/mol. The zero-order valence-corrected chi connectivity index (χ0v) is 11.4. The van der Waals surface area contributed by atoms with Gasteiger partial charge in [-0.1, -0.05) is 38.6 Å². The molecule has 0 aromatic carbocycles. The first-order valence-electron chi connectivity index (χ1n) is 5.59. The van der Waals surface area contributed by atoms with E-state index in [2.05, 4.69) is 36.1 Å². The lowest BCUT2D eigenvalue weighted by Crippen LogP contribution is -2.16. The first-order valence-corrected chi connectivity index (χ1v) is 9.09. The van der Waals surface area contributed by atoms with E-state index >= 15 is 0 Å². The Morgan fingerprint density at radius 1 is 1.38 bits per heavy atom. The number of aromatic nitrogens is 1. The molecule has 86 valence electrons. The molecule has 0 aliphatic heterocycles. The van der Waals surface area contributed by atoms with Crippen molar-refractivity contribution in [2.24, 2.45) is 0 Å². The Morgan fingerprint density at radius 2 is 2.06 bits per heavy atom. The van der Waals surface area contributed by atoms with Crippen LogP contribution in [-0.2, 0) is 0 Å². The van der Waals surface area contributed by atoms with Crippen molar-refractivity contribution >= 4 is 8.07 Å². The maximum Gasteiger partial charge on any atom is 0.129 e. The molecule has 3 heteroatoms. The minimum Gasteiger partial charge on any atom is -0.388 e. The van der Waals surface area contributed by atoms with Gasteiger partial charge in [0, 0.05) is 6.20 Å². The Kier molecular flexibility index (Phi) is 4.28. The van der Waals surface area contributed by atoms with E-state index in [9.17, 15) is 5.11 Å².